The topological polar surface area (TPSA) is 94.0 Å². The van der Waals surface area contributed by atoms with Crippen LogP contribution in [0.25, 0.3) is 0 Å². The number of hydrogen-bond acceptors (Lipinski definition) is 5. The third-order valence-corrected chi connectivity index (χ3v) is 7.66. The molecule has 0 aromatic heterocycles. The van der Waals surface area contributed by atoms with Gasteiger partial charge in [0.2, 0.25) is 5.91 Å². The fraction of sp³-hybridized carbons (Fsp3) is 0.194. The number of carbonyl (C=O) groups is 2. The molecular weight excluding hydrogens is 492 g/mol. The van der Waals surface area contributed by atoms with Gasteiger partial charge in [-0.05, 0) is 62.1 Å². The van der Waals surface area contributed by atoms with Gasteiger partial charge in [0.15, 0.2) is 0 Å². The van der Waals surface area contributed by atoms with E-state index in [0.717, 1.165) is 33.6 Å². The molecule has 7 heteroatoms. The van der Waals surface area contributed by atoms with Crippen molar-refractivity contribution >= 4 is 35.0 Å². The number of rotatable bonds is 7. The summed E-state index contributed by atoms with van der Waals surface area (Å²) in [5.41, 5.74) is 6.90. The number of benzene rings is 3. The zero-order chi connectivity index (χ0) is 27.2. The predicted molar refractivity (Wildman–Crippen MR) is 154 cm³/mol. The number of hydrogen-bond donors (Lipinski definition) is 3. The van der Waals surface area contributed by atoms with Gasteiger partial charge in [0.1, 0.15) is 0 Å². The smallest absolute Gasteiger partial charge is 0.254 e. The first-order valence-corrected chi connectivity index (χ1v) is 13.3. The molecule has 0 unspecified atom stereocenters. The fourth-order valence-corrected chi connectivity index (χ4v) is 5.31. The Morgan fingerprint density at radius 2 is 1.53 bits per heavy atom. The van der Waals surface area contributed by atoms with E-state index in [9.17, 15) is 14.9 Å². The summed E-state index contributed by atoms with van der Waals surface area (Å²) in [5.74, 6) is -0.907. The van der Waals surface area contributed by atoms with Crippen LogP contribution in [0.4, 0.5) is 11.4 Å². The number of anilines is 2. The van der Waals surface area contributed by atoms with Gasteiger partial charge < -0.3 is 16.0 Å². The van der Waals surface area contributed by atoms with Gasteiger partial charge in [0, 0.05) is 22.6 Å². The molecule has 0 bridgehead atoms. The molecule has 192 valence electrons. The Bertz CT molecular complexity index is 1490. The lowest BCUT2D eigenvalue weighted by molar-refractivity contribution is -0.114. The third kappa shape index (κ3) is 5.82. The number of thioether (sulfide) groups is 1. The second-order valence-corrected chi connectivity index (χ2v) is 10.2. The van der Waals surface area contributed by atoms with E-state index in [1.165, 1.54) is 11.8 Å². The van der Waals surface area contributed by atoms with E-state index in [2.05, 4.69) is 22.0 Å². The van der Waals surface area contributed by atoms with E-state index in [0.29, 0.717) is 21.9 Å². The predicted octanol–water partition coefficient (Wildman–Crippen LogP) is 6.32. The van der Waals surface area contributed by atoms with Crippen molar-refractivity contribution in [3.63, 3.8) is 0 Å². The number of para-hydroxylation sites is 1. The molecule has 6 nitrogen and oxygen atoms in total. The monoisotopic (exact) mass is 522 g/mol. The number of nitrogens with zero attached hydrogens (tertiary/aromatic N) is 1. The summed E-state index contributed by atoms with van der Waals surface area (Å²) in [5, 5.41) is 20.1. The van der Waals surface area contributed by atoms with E-state index in [4.69, 9.17) is 0 Å². The maximum atomic E-state index is 13.6. The molecule has 0 aliphatic carbocycles. The summed E-state index contributed by atoms with van der Waals surface area (Å²) in [6, 6.07) is 25.2. The fourth-order valence-electron chi connectivity index (χ4n) is 4.42. The molecule has 4 rings (SSSR count). The lowest BCUT2D eigenvalue weighted by Crippen LogP contribution is -2.31. The van der Waals surface area contributed by atoms with Gasteiger partial charge in [0.05, 0.1) is 28.3 Å². The average molecular weight is 523 g/mol. The lowest BCUT2D eigenvalue weighted by atomic mass is 9.82. The molecule has 0 fully saturated rings. The first-order chi connectivity index (χ1) is 18.3. The van der Waals surface area contributed by atoms with Gasteiger partial charge in [-0.3, -0.25) is 9.59 Å². The molecule has 1 heterocycles. The van der Waals surface area contributed by atoms with Crippen molar-refractivity contribution in [2.24, 2.45) is 0 Å². The minimum atomic E-state index is -0.573. The van der Waals surface area contributed by atoms with Gasteiger partial charge in [-0.2, -0.15) is 5.26 Å². The van der Waals surface area contributed by atoms with Gasteiger partial charge in [-0.25, -0.2) is 0 Å². The van der Waals surface area contributed by atoms with Crippen molar-refractivity contribution in [3.8, 4) is 6.07 Å². The van der Waals surface area contributed by atoms with Crippen molar-refractivity contribution < 1.29 is 9.59 Å². The number of amides is 2. The van der Waals surface area contributed by atoms with Crippen LogP contribution >= 0.6 is 11.8 Å². The summed E-state index contributed by atoms with van der Waals surface area (Å²) in [6.45, 7) is 7.73. The van der Waals surface area contributed by atoms with Gasteiger partial charge in [0.25, 0.3) is 5.91 Å². The Morgan fingerprint density at radius 3 is 2.24 bits per heavy atom. The van der Waals surface area contributed by atoms with E-state index in [1.807, 2.05) is 100 Å². The lowest BCUT2D eigenvalue weighted by Gasteiger charge is -2.30. The van der Waals surface area contributed by atoms with Gasteiger partial charge in [-0.15, -0.1) is 0 Å². The molecule has 3 aromatic carbocycles. The Labute approximate surface area is 227 Å². The largest absolute Gasteiger partial charge is 0.353 e. The van der Waals surface area contributed by atoms with Crippen molar-refractivity contribution in [3.05, 3.63) is 117 Å². The Morgan fingerprint density at radius 1 is 0.868 bits per heavy atom. The molecule has 0 radical (unpaired) electrons. The van der Waals surface area contributed by atoms with Crippen LogP contribution in [0, 0.1) is 32.1 Å². The maximum Gasteiger partial charge on any atom is 0.254 e. The summed E-state index contributed by atoms with van der Waals surface area (Å²) >= 11 is 1.26. The molecule has 3 N–H and O–H groups in total. The standard InChI is InChI=1S/C31H30N4O2S/c1-19-12-10-16-26(21(19)3)34-27(36)18-38-31-24(17-32)29(23-13-6-5-7-14-23)28(22(4)33-31)30(37)35-25-15-9-8-11-20(25)2/h5-16,29,33H,18H2,1-4H3,(H,34,36)(H,35,37)/t29-/m1/s1. The third-order valence-electron chi connectivity index (χ3n) is 6.64. The highest BCUT2D eigenvalue weighted by molar-refractivity contribution is 8.03. The van der Waals surface area contributed by atoms with E-state index < -0.39 is 5.92 Å². The van der Waals surface area contributed by atoms with Gasteiger partial charge >= 0.3 is 0 Å². The molecule has 2 amide bonds. The maximum absolute atomic E-state index is 13.6. The van der Waals surface area contributed by atoms with Crippen molar-refractivity contribution in [1.82, 2.24) is 5.32 Å². The van der Waals surface area contributed by atoms with E-state index >= 15 is 0 Å². The molecular formula is C31H30N4O2S. The highest BCUT2D eigenvalue weighted by atomic mass is 32.2. The molecule has 0 saturated heterocycles. The number of dihydropyridines is 1. The Hall–Kier alpha value is -4.28. The summed E-state index contributed by atoms with van der Waals surface area (Å²) < 4.78 is 0. The highest BCUT2D eigenvalue weighted by Gasteiger charge is 2.35. The Balaban J connectivity index is 1.62. The van der Waals surface area contributed by atoms with Crippen molar-refractivity contribution in [1.29, 1.82) is 5.26 Å². The zero-order valence-electron chi connectivity index (χ0n) is 21.9. The minimum Gasteiger partial charge on any atom is -0.353 e. The molecule has 38 heavy (non-hydrogen) atoms. The molecule has 1 aliphatic rings. The first-order valence-electron chi connectivity index (χ1n) is 12.3. The van der Waals surface area contributed by atoms with Crippen LogP contribution in [-0.4, -0.2) is 17.6 Å². The summed E-state index contributed by atoms with van der Waals surface area (Å²) in [6.07, 6.45) is 0. The van der Waals surface area contributed by atoms with Crippen molar-refractivity contribution in [2.75, 3.05) is 16.4 Å². The second kappa shape index (κ2) is 11.8. The Kier molecular flexibility index (Phi) is 8.35. The van der Waals surface area contributed by atoms with Gasteiger partial charge in [-0.1, -0.05) is 72.4 Å². The number of aryl methyl sites for hydroxylation is 2. The highest BCUT2D eigenvalue weighted by Crippen LogP contribution is 2.41. The van der Waals surface area contributed by atoms with Crippen LogP contribution in [0.1, 0.15) is 35.1 Å². The first kappa shape index (κ1) is 26.8. The number of nitrogens with one attached hydrogen (secondary N) is 3. The molecule has 3 aromatic rings. The molecule has 1 atom stereocenters. The van der Waals surface area contributed by atoms with Crippen LogP contribution in [0.2, 0.25) is 0 Å². The SMILES string of the molecule is CC1=C(C(=O)Nc2ccccc2C)[C@H](c2ccccc2)C(C#N)=C(SCC(=O)Nc2cccc(C)c2C)N1. The quantitative estimate of drug-likeness (QED) is 0.338. The van der Waals surface area contributed by atoms with Crippen LogP contribution in [0.5, 0.6) is 0 Å². The average Bonchev–Trinajstić information content (AvgIpc) is 2.91. The van der Waals surface area contributed by atoms with Crippen LogP contribution in [-0.2, 0) is 9.59 Å². The molecule has 0 saturated carbocycles. The molecule has 0 spiro atoms. The summed E-state index contributed by atoms with van der Waals surface area (Å²) in [7, 11) is 0. The minimum absolute atomic E-state index is 0.112. The van der Waals surface area contributed by atoms with Crippen molar-refractivity contribution in [2.45, 2.75) is 33.6 Å². The number of allylic oxidation sites excluding steroid dienone is 2. The number of nitriles is 1. The summed E-state index contributed by atoms with van der Waals surface area (Å²) in [4.78, 5) is 26.4. The normalized spacial score (nSPS) is 15.0. The number of carbonyl (C=O) groups excluding carboxylic acids is 2. The second-order valence-electron chi connectivity index (χ2n) is 9.22. The van der Waals surface area contributed by atoms with E-state index in [-0.39, 0.29) is 17.6 Å². The van der Waals surface area contributed by atoms with Crippen LogP contribution in [0.15, 0.2) is 94.7 Å². The van der Waals surface area contributed by atoms with E-state index in [1.54, 1.807) is 0 Å². The molecule has 1 aliphatic heterocycles. The van der Waals surface area contributed by atoms with Crippen LogP contribution in [0.3, 0.4) is 0 Å². The van der Waals surface area contributed by atoms with Crippen LogP contribution < -0.4 is 16.0 Å². The zero-order valence-corrected chi connectivity index (χ0v) is 22.7.